The molecule has 22 heavy (non-hydrogen) atoms. The van der Waals surface area contributed by atoms with Crippen LogP contribution in [0.1, 0.15) is 32.3 Å². The van der Waals surface area contributed by atoms with Crippen molar-refractivity contribution < 1.29 is 14.3 Å². The number of ketones is 1. The maximum absolute atomic E-state index is 12.2. The fourth-order valence-corrected chi connectivity index (χ4v) is 2.59. The highest BCUT2D eigenvalue weighted by atomic mass is 16.5. The van der Waals surface area contributed by atoms with Crippen LogP contribution in [-0.2, 0) is 20.7 Å². The molecule has 0 saturated heterocycles. The number of Topliss-reactive ketones (excluding diaryl/α,β-unsaturated/α-hetero) is 1. The van der Waals surface area contributed by atoms with Crippen LogP contribution in [0.25, 0.3) is 10.8 Å². The quantitative estimate of drug-likeness (QED) is 0.574. The Bertz CT molecular complexity index is 643. The highest BCUT2D eigenvalue weighted by Gasteiger charge is 2.27. The molecular weight excluding hydrogens is 276 g/mol. The Balaban J connectivity index is 2.23. The molecule has 2 aromatic rings. The van der Waals surface area contributed by atoms with Gasteiger partial charge in [0.15, 0.2) is 0 Å². The molecule has 0 aliphatic rings. The smallest absolute Gasteiger partial charge is 0.316 e. The van der Waals surface area contributed by atoms with Crippen molar-refractivity contribution >= 4 is 22.5 Å². The van der Waals surface area contributed by atoms with Gasteiger partial charge in [-0.1, -0.05) is 49.4 Å². The molecule has 0 spiro atoms. The van der Waals surface area contributed by atoms with E-state index in [1.54, 1.807) is 6.92 Å². The topological polar surface area (TPSA) is 43.4 Å². The van der Waals surface area contributed by atoms with E-state index in [4.69, 9.17) is 4.74 Å². The maximum atomic E-state index is 12.2. The van der Waals surface area contributed by atoms with Crippen molar-refractivity contribution in [2.75, 3.05) is 6.61 Å². The number of hydrogen-bond acceptors (Lipinski definition) is 3. The monoisotopic (exact) mass is 298 g/mol. The first-order valence-corrected chi connectivity index (χ1v) is 7.82. The van der Waals surface area contributed by atoms with Crippen molar-refractivity contribution in [1.29, 1.82) is 0 Å². The first-order valence-electron chi connectivity index (χ1n) is 7.82. The summed E-state index contributed by atoms with van der Waals surface area (Å²) in [6.07, 6.45) is 1.56. The molecule has 116 valence electrons. The molecule has 3 nitrogen and oxygen atoms in total. The molecule has 2 aromatic carbocycles. The SMILES string of the molecule is CCCC(=O)C(Cc1ccc2ccccc2c1)C(=O)OCC. The molecule has 0 radical (unpaired) electrons. The number of esters is 1. The average Bonchev–Trinajstić information content (AvgIpc) is 2.52. The number of hydrogen-bond donors (Lipinski definition) is 0. The Morgan fingerprint density at radius 1 is 1.05 bits per heavy atom. The Morgan fingerprint density at radius 3 is 2.45 bits per heavy atom. The molecule has 0 N–H and O–H groups in total. The third-order valence-corrected chi connectivity index (χ3v) is 3.71. The van der Waals surface area contributed by atoms with E-state index in [0.717, 1.165) is 22.8 Å². The van der Waals surface area contributed by atoms with Crippen molar-refractivity contribution in [3.05, 3.63) is 48.0 Å². The summed E-state index contributed by atoms with van der Waals surface area (Å²) in [5.74, 6) is -1.13. The Kier molecular flexibility index (Phi) is 5.70. The third kappa shape index (κ3) is 3.94. The van der Waals surface area contributed by atoms with Crippen molar-refractivity contribution in [1.82, 2.24) is 0 Å². The molecule has 0 fully saturated rings. The van der Waals surface area contributed by atoms with E-state index >= 15 is 0 Å². The first kappa shape index (κ1) is 16.2. The predicted octanol–water partition coefficient (Wildman–Crippen LogP) is 3.93. The zero-order valence-corrected chi connectivity index (χ0v) is 13.2. The molecule has 0 aliphatic heterocycles. The van der Waals surface area contributed by atoms with E-state index in [1.165, 1.54) is 0 Å². The minimum atomic E-state index is -0.693. The Hall–Kier alpha value is -2.16. The van der Waals surface area contributed by atoms with Gasteiger partial charge in [0.05, 0.1) is 6.61 Å². The summed E-state index contributed by atoms with van der Waals surface area (Å²) < 4.78 is 5.07. The highest BCUT2D eigenvalue weighted by molar-refractivity contribution is 5.99. The van der Waals surface area contributed by atoms with E-state index in [-0.39, 0.29) is 5.78 Å². The van der Waals surface area contributed by atoms with Crippen LogP contribution in [0.5, 0.6) is 0 Å². The zero-order chi connectivity index (χ0) is 15.9. The van der Waals surface area contributed by atoms with E-state index in [1.807, 2.05) is 49.4 Å². The second kappa shape index (κ2) is 7.74. The minimum absolute atomic E-state index is 0.0332. The summed E-state index contributed by atoms with van der Waals surface area (Å²) in [4.78, 5) is 24.3. The van der Waals surface area contributed by atoms with Crippen LogP contribution >= 0.6 is 0 Å². The van der Waals surface area contributed by atoms with Gasteiger partial charge in [-0.25, -0.2) is 0 Å². The van der Waals surface area contributed by atoms with Crippen molar-refractivity contribution in [2.45, 2.75) is 33.1 Å². The number of fused-ring (bicyclic) bond motifs is 1. The average molecular weight is 298 g/mol. The van der Waals surface area contributed by atoms with Crippen molar-refractivity contribution in [3.8, 4) is 0 Å². The predicted molar refractivity (Wildman–Crippen MR) is 87.7 cm³/mol. The Morgan fingerprint density at radius 2 is 1.77 bits per heavy atom. The fraction of sp³-hybridized carbons (Fsp3) is 0.368. The molecule has 3 heteroatoms. The second-order valence-electron chi connectivity index (χ2n) is 5.41. The fourth-order valence-electron chi connectivity index (χ4n) is 2.59. The van der Waals surface area contributed by atoms with Gasteiger partial charge in [-0.15, -0.1) is 0 Å². The number of carbonyl (C=O) groups excluding carboxylic acids is 2. The van der Waals surface area contributed by atoms with Gasteiger partial charge in [-0.2, -0.15) is 0 Å². The Labute approximate surface area is 131 Å². The van der Waals surface area contributed by atoms with E-state index < -0.39 is 11.9 Å². The van der Waals surface area contributed by atoms with Crippen LogP contribution in [0, 0.1) is 5.92 Å². The molecule has 0 saturated carbocycles. The number of benzene rings is 2. The third-order valence-electron chi connectivity index (χ3n) is 3.71. The lowest BCUT2D eigenvalue weighted by molar-refractivity contribution is -0.151. The largest absolute Gasteiger partial charge is 0.465 e. The lowest BCUT2D eigenvalue weighted by Crippen LogP contribution is -2.28. The molecule has 0 heterocycles. The summed E-state index contributed by atoms with van der Waals surface area (Å²) >= 11 is 0. The normalized spacial score (nSPS) is 12.1. The van der Waals surface area contributed by atoms with Gasteiger partial charge in [0, 0.05) is 6.42 Å². The maximum Gasteiger partial charge on any atom is 0.316 e. The lowest BCUT2D eigenvalue weighted by Gasteiger charge is -2.14. The van der Waals surface area contributed by atoms with Crippen LogP contribution in [-0.4, -0.2) is 18.4 Å². The van der Waals surface area contributed by atoms with Gasteiger partial charge in [0.2, 0.25) is 0 Å². The summed E-state index contributed by atoms with van der Waals surface area (Å²) in [6, 6.07) is 14.1. The summed E-state index contributed by atoms with van der Waals surface area (Å²) in [5.41, 5.74) is 0.987. The standard InChI is InChI=1S/C19H22O3/c1-3-7-18(20)17(19(21)22-4-2)13-14-10-11-15-8-5-6-9-16(15)12-14/h5-6,8-12,17H,3-4,7,13H2,1-2H3. The second-order valence-corrected chi connectivity index (χ2v) is 5.41. The van der Waals surface area contributed by atoms with Gasteiger partial charge in [0.25, 0.3) is 0 Å². The van der Waals surface area contributed by atoms with Gasteiger partial charge in [-0.05, 0) is 36.1 Å². The summed E-state index contributed by atoms with van der Waals surface area (Å²) in [7, 11) is 0. The van der Waals surface area contributed by atoms with Crippen LogP contribution in [0.3, 0.4) is 0 Å². The molecule has 0 bridgehead atoms. The zero-order valence-electron chi connectivity index (χ0n) is 13.2. The van der Waals surface area contributed by atoms with Crippen LogP contribution in [0.15, 0.2) is 42.5 Å². The minimum Gasteiger partial charge on any atom is -0.465 e. The molecule has 1 unspecified atom stereocenters. The molecule has 2 rings (SSSR count). The van der Waals surface area contributed by atoms with Crippen molar-refractivity contribution in [3.63, 3.8) is 0 Å². The molecule has 0 aromatic heterocycles. The van der Waals surface area contributed by atoms with Gasteiger partial charge >= 0.3 is 5.97 Å². The summed E-state index contributed by atoms with van der Waals surface area (Å²) in [6.45, 7) is 4.00. The summed E-state index contributed by atoms with van der Waals surface area (Å²) in [5, 5.41) is 2.27. The van der Waals surface area contributed by atoms with Crippen LogP contribution in [0.2, 0.25) is 0 Å². The molecule has 0 aliphatic carbocycles. The lowest BCUT2D eigenvalue weighted by atomic mass is 9.92. The van der Waals surface area contributed by atoms with Gasteiger partial charge in [0.1, 0.15) is 11.7 Å². The van der Waals surface area contributed by atoms with Crippen molar-refractivity contribution in [2.24, 2.45) is 5.92 Å². The highest BCUT2D eigenvalue weighted by Crippen LogP contribution is 2.20. The molecule has 0 amide bonds. The van der Waals surface area contributed by atoms with Gasteiger partial charge < -0.3 is 4.74 Å². The molecule has 1 atom stereocenters. The van der Waals surface area contributed by atoms with Gasteiger partial charge in [-0.3, -0.25) is 9.59 Å². The van der Waals surface area contributed by atoms with E-state index in [2.05, 4.69) is 0 Å². The van der Waals surface area contributed by atoms with E-state index in [0.29, 0.717) is 19.4 Å². The number of carbonyl (C=O) groups is 2. The first-order chi connectivity index (χ1) is 10.7. The number of ether oxygens (including phenoxy) is 1. The number of rotatable bonds is 7. The van der Waals surface area contributed by atoms with Crippen LogP contribution < -0.4 is 0 Å². The van der Waals surface area contributed by atoms with Crippen LogP contribution in [0.4, 0.5) is 0 Å². The molecular formula is C19H22O3. The van der Waals surface area contributed by atoms with E-state index in [9.17, 15) is 9.59 Å².